The molecule has 0 bridgehead atoms. The normalized spacial score (nSPS) is 18.8. The van der Waals surface area contributed by atoms with Crippen molar-refractivity contribution in [3.8, 4) is 5.75 Å². The maximum atomic E-state index is 11.5. The molecule has 1 atom stereocenters. The first-order valence-corrected chi connectivity index (χ1v) is 9.92. The molecular weight excluding hydrogens is 326 g/mol. The van der Waals surface area contributed by atoms with Crippen molar-refractivity contribution in [1.29, 1.82) is 0 Å². The molecule has 24 heavy (non-hydrogen) atoms. The van der Waals surface area contributed by atoms with Crippen LogP contribution in [-0.4, -0.2) is 45.9 Å². The number of hydrogen-bond acceptors (Lipinski definition) is 5. The molecule has 0 aliphatic carbocycles. The van der Waals surface area contributed by atoms with Crippen LogP contribution in [0, 0.1) is 6.92 Å². The second-order valence-corrected chi connectivity index (χ2v) is 8.14. The number of sulfonamides is 1. The number of piperidine rings is 1. The average molecular weight is 349 g/mol. The van der Waals surface area contributed by atoms with Gasteiger partial charge >= 0.3 is 0 Å². The minimum Gasteiger partial charge on any atom is -0.497 e. The van der Waals surface area contributed by atoms with Crippen LogP contribution in [0.2, 0.25) is 0 Å². The summed E-state index contributed by atoms with van der Waals surface area (Å²) in [6.07, 6.45) is 2.99. The Bertz CT molecular complexity index is 852. The van der Waals surface area contributed by atoms with Crippen LogP contribution in [0.1, 0.15) is 18.4 Å². The van der Waals surface area contributed by atoms with Crippen molar-refractivity contribution in [1.82, 2.24) is 9.71 Å². The highest BCUT2D eigenvalue weighted by Crippen LogP contribution is 2.27. The SMILES string of the molecule is COc1ccc2c(C)cc(N3CCCC(NS(C)(=O)=O)C3)nc2c1. The monoisotopic (exact) mass is 349 g/mol. The van der Waals surface area contributed by atoms with E-state index in [2.05, 4.69) is 22.6 Å². The molecule has 0 amide bonds. The van der Waals surface area contributed by atoms with Crippen molar-refractivity contribution in [3.05, 3.63) is 29.8 Å². The van der Waals surface area contributed by atoms with Gasteiger partial charge in [0.25, 0.3) is 0 Å². The average Bonchev–Trinajstić information content (AvgIpc) is 2.53. The van der Waals surface area contributed by atoms with Gasteiger partial charge in [-0.15, -0.1) is 0 Å². The maximum Gasteiger partial charge on any atom is 0.209 e. The van der Waals surface area contributed by atoms with Crippen LogP contribution in [0.4, 0.5) is 5.82 Å². The van der Waals surface area contributed by atoms with Gasteiger partial charge in [-0.05, 0) is 43.5 Å². The molecule has 1 aromatic heterocycles. The molecule has 1 aliphatic heterocycles. The zero-order valence-corrected chi connectivity index (χ0v) is 15.1. The van der Waals surface area contributed by atoms with Crippen LogP contribution in [0.5, 0.6) is 5.75 Å². The second kappa shape index (κ2) is 6.57. The lowest BCUT2D eigenvalue weighted by Crippen LogP contribution is -2.47. The lowest BCUT2D eigenvalue weighted by Gasteiger charge is -2.33. The highest BCUT2D eigenvalue weighted by atomic mass is 32.2. The Morgan fingerprint density at radius 1 is 1.33 bits per heavy atom. The number of rotatable bonds is 4. The zero-order chi connectivity index (χ0) is 17.3. The van der Waals surface area contributed by atoms with Crippen LogP contribution in [0.25, 0.3) is 10.9 Å². The fourth-order valence-electron chi connectivity index (χ4n) is 3.24. The van der Waals surface area contributed by atoms with E-state index < -0.39 is 10.0 Å². The molecule has 1 aliphatic rings. The summed E-state index contributed by atoms with van der Waals surface area (Å²) < 4.78 is 31.0. The molecule has 7 heteroatoms. The van der Waals surface area contributed by atoms with E-state index in [-0.39, 0.29) is 6.04 Å². The first kappa shape index (κ1) is 17.0. The van der Waals surface area contributed by atoms with Crippen molar-refractivity contribution in [2.75, 3.05) is 31.4 Å². The van der Waals surface area contributed by atoms with Gasteiger partial charge < -0.3 is 9.64 Å². The second-order valence-electron chi connectivity index (χ2n) is 6.36. The number of fused-ring (bicyclic) bond motifs is 1. The number of ether oxygens (including phenoxy) is 1. The Labute approximate surface area is 142 Å². The number of benzene rings is 1. The molecule has 1 aromatic carbocycles. The molecule has 1 saturated heterocycles. The smallest absolute Gasteiger partial charge is 0.209 e. The minimum atomic E-state index is -3.19. The summed E-state index contributed by atoms with van der Waals surface area (Å²) in [6.45, 7) is 3.58. The first-order valence-electron chi connectivity index (χ1n) is 8.03. The summed E-state index contributed by atoms with van der Waals surface area (Å²) in [6, 6.07) is 7.88. The van der Waals surface area contributed by atoms with Crippen molar-refractivity contribution in [2.24, 2.45) is 0 Å². The molecule has 0 saturated carbocycles. The maximum absolute atomic E-state index is 11.5. The molecule has 1 unspecified atom stereocenters. The Morgan fingerprint density at radius 3 is 2.83 bits per heavy atom. The number of aromatic nitrogens is 1. The van der Waals surface area contributed by atoms with Gasteiger partial charge in [0.15, 0.2) is 0 Å². The van der Waals surface area contributed by atoms with Crippen LogP contribution in [-0.2, 0) is 10.0 Å². The molecule has 1 fully saturated rings. The van der Waals surface area contributed by atoms with Gasteiger partial charge in [0.2, 0.25) is 10.0 Å². The molecular formula is C17H23N3O3S. The summed E-state index contributed by atoms with van der Waals surface area (Å²) in [4.78, 5) is 6.92. The van der Waals surface area contributed by atoms with Gasteiger partial charge in [0.1, 0.15) is 11.6 Å². The number of nitrogens with one attached hydrogen (secondary N) is 1. The van der Waals surface area contributed by atoms with Gasteiger partial charge in [-0.25, -0.2) is 18.1 Å². The third-order valence-corrected chi connectivity index (χ3v) is 5.10. The summed E-state index contributed by atoms with van der Waals surface area (Å²) in [5.41, 5.74) is 2.04. The molecule has 0 spiro atoms. The third kappa shape index (κ3) is 3.79. The summed E-state index contributed by atoms with van der Waals surface area (Å²) in [7, 11) is -1.55. The predicted octanol–water partition coefficient (Wildman–Crippen LogP) is 2.07. The molecule has 130 valence electrons. The Kier molecular flexibility index (Phi) is 4.64. The van der Waals surface area contributed by atoms with Gasteiger partial charge in [0, 0.05) is 30.6 Å². The highest BCUT2D eigenvalue weighted by molar-refractivity contribution is 7.88. The van der Waals surface area contributed by atoms with E-state index in [0.29, 0.717) is 6.54 Å². The quantitative estimate of drug-likeness (QED) is 0.915. The number of methoxy groups -OCH3 is 1. The standard InChI is InChI=1S/C17H23N3O3S/c1-12-9-17(18-16-10-14(23-2)6-7-15(12)16)20-8-4-5-13(11-20)19-24(3,21)22/h6-7,9-10,13,19H,4-5,8,11H2,1-3H3. The van der Waals surface area contributed by atoms with Crippen molar-refractivity contribution < 1.29 is 13.2 Å². The van der Waals surface area contributed by atoms with Crippen molar-refractivity contribution in [2.45, 2.75) is 25.8 Å². The van der Waals surface area contributed by atoms with Crippen molar-refractivity contribution in [3.63, 3.8) is 0 Å². The third-order valence-electron chi connectivity index (χ3n) is 4.34. The molecule has 3 rings (SSSR count). The zero-order valence-electron chi connectivity index (χ0n) is 14.2. The number of hydrogen-bond donors (Lipinski definition) is 1. The molecule has 2 aromatic rings. The van der Waals surface area contributed by atoms with Crippen LogP contribution in [0.15, 0.2) is 24.3 Å². The Balaban J connectivity index is 1.90. The summed E-state index contributed by atoms with van der Waals surface area (Å²) in [5.74, 6) is 1.66. The fourth-order valence-corrected chi connectivity index (χ4v) is 4.04. The number of aryl methyl sites for hydroxylation is 1. The van der Waals surface area contributed by atoms with E-state index in [9.17, 15) is 8.42 Å². The summed E-state index contributed by atoms with van der Waals surface area (Å²) in [5, 5.41) is 1.10. The van der Waals surface area contributed by atoms with E-state index in [4.69, 9.17) is 9.72 Å². The Hall–Kier alpha value is -1.86. The van der Waals surface area contributed by atoms with Gasteiger partial charge in [0.05, 0.1) is 18.9 Å². The van der Waals surface area contributed by atoms with Gasteiger partial charge in [-0.3, -0.25) is 0 Å². The number of nitrogens with zero attached hydrogens (tertiary/aromatic N) is 2. The summed E-state index contributed by atoms with van der Waals surface area (Å²) >= 11 is 0. The topological polar surface area (TPSA) is 71.5 Å². The lowest BCUT2D eigenvalue weighted by atomic mass is 10.1. The van der Waals surface area contributed by atoms with E-state index >= 15 is 0 Å². The van der Waals surface area contributed by atoms with E-state index in [0.717, 1.165) is 47.4 Å². The Morgan fingerprint density at radius 2 is 2.12 bits per heavy atom. The largest absolute Gasteiger partial charge is 0.497 e. The number of pyridine rings is 1. The molecule has 0 radical (unpaired) electrons. The van der Waals surface area contributed by atoms with Crippen LogP contribution >= 0.6 is 0 Å². The van der Waals surface area contributed by atoms with E-state index in [1.165, 1.54) is 6.26 Å². The fraction of sp³-hybridized carbons (Fsp3) is 0.471. The van der Waals surface area contributed by atoms with Crippen LogP contribution in [0.3, 0.4) is 0 Å². The predicted molar refractivity (Wildman–Crippen MR) is 96.2 cm³/mol. The van der Waals surface area contributed by atoms with Crippen molar-refractivity contribution >= 4 is 26.7 Å². The number of anilines is 1. The van der Waals surface area contributed by atoms with Gasteiger partial charge in [-0.1, -0.05) is 0 Å². The highest BCUT2D eigenvalue weighted by Gasteiger charge is 2.23. The minimum absolute atomic E-state index is 0.0723. The van der Waals surface area contributed by atoms with E-state index in [1.807, 2.05) is 18.2 Å². The first-order chi connectivity index (χ1) is 11.4. The van der Waals surface area contributed by atoms with Crippen LogP contribution < -0.4 is 14.4 Å². The van der Waals surface area contributed by atoms with Gasteiger partial charge in [-0.2, -0.15) is 0 Å². The molecule has 1 N–H and O–H groups in total. The van der Waals surface area contributed by atoms with E-state index in [1.54, 1.807) is 7.11 Å². The lowest BCUT2D eigenvalue weighted by molar-refractivity contribution is 0.415. The molecule has 6 nitrogen and oxygen atoms in total. The molecule has 2 heterocycles.